The van der Waals surface area contributed by atoms with E-state index in [-0.39, 0.29) is 12.6 Å². The van der Waals surface area contributed by atoms with E-state index in [0.29, 0.717) is 6.42 Å². The first-order valence-corrected chi connectivity index (χ1v) is 2.98. The van der Waals surface area contributed by atoms with Crippen molar-refractivity contribution in [3.8, 4) is 0 Å². The molecule has 0 rings (SSSR count). The molecule has 0 aromatic heterocycles. The third kappa shape index (κ3) is 5.30. The van der Waals surface area contributed by atoms with Crippen LogP contribution < -0.4 is 0 Å². The summed E-state index contributed by atoms with van der Waals surface area (Å²) < 4.78 is 4.51. The first-order chi connectivity index (χ1) is 4.16. The Morgan fingerprint density at radius 3 is 2.67 bits per heavy atom. The maximum Gasteiger partial charge on any atom is 0.302 e. The molecule has 0 radical (unpaired) electrons. The smallest absolute Gasteiger partial charge is 0.302 e. The van der Waals surface area contributed by atoms with Crippen molar-refractivity contribution in [1.29, 1.82) is 0 Å². The molecule has 0 fully saturated rings. The lowest BCUT2D eigenvalue weighted by Gasteiger charge is -2.05. The third-order valence-corrected chi connectivity index (χ3v) is 0.950. The van der Waals surface area contributed by atoms with E-state index in [1.165, 1.54) is 6.92 Å². The molecule has 3 nitrogen and oxygen atoms in total. The Labute approximate surface area is 54.6 Å². The lowest BCUT2D eigenvalue weighted by molar-refractivity contribution is -0.143. The van der Waals surface area contributed by atoms with Crippen LogP contribution in [0.5, 0.6) is 0 Å². The zero-order valence-electron chi connectivity index (χ0n) is 5.76. The van der Waals surface area contributed by atoms with Crippen molar-refractivity contribution in [3.63, 3.8) is 0 Å². The van der Waals surface area contributed by atoms with Gasteiger partial charge in [-0.2, -0.15) is 0 Å². The van der Waals surface area contributed by atoms with E-state index in [2.05, 4.69) is 4.74 Å². The van der Waals surface area contributed by atoms with E-state index < -0.39 is 6.10 Å². The van der Waals surface area contributed by atoms with Gasteiger partial charge in [-0.3, -0.25) is 4.79 Å². The van der Waals surface area contributed by atoms with Crippen LogP contribution >= 0.6 is 0 Å². The summed E-state index contributed by atoms with van der Waals surface area (Å²) in [6.07, 6.45) is 0.113. The van der Waals surface area contributed by atoms with Crippen LogP contribution in [0.1, 0.15) is 20.3 Å². The van der Waals surface area contributed by atoms with Crippen LogP contribution in [-0.2, 0) is 9.53 Å². The fourth-order valence-electron chi connectivity index (χ4n) is 0.331. The van der Waals surface area contributed by atoms with Gasteiger partial charge in [0.2, 0.25) is 0 Å². The summed E-state index contributed by atoms with van der Waals surface area (Å²) in [7, 11) is 0. The number of ether oxygens (including phenoxy) is 1. The molecule has 0 saturated carbocycles. The molecule has 0 spiro atoms. The van der Waals surface area contributed by atoms with Gasteiger partial charge < -0.3 is 9.84 Å². The van der Waals surface area contributed by atoms with E-state index in [9.17, 15) is 4.79 Å². The molecule has 0 aliphatic rings. The van der Waals surface area contributed by atoms with Crippen molar-refractivity contribution in [2.75, 3.05) is 6.61 Å². The standard InChI is InChI=1S/C6H12O3/c1-3-6(8)4-9-5(2)7/h6,8H,3-4H2,1-2H3. The Morgan fingerprint density at radius 1 is 1.78 bits per heavy atom. The molecule has 1 N–H and O–H groups in total. The van der Waals surface area contributed by atoms with Gasteiger partial charge in [0.1, 0.15) is 6.61 Å². The molecule has 0 aliphatic carbocycles. The summed E-state index contributed by atoms with van der Waals surface area (Å²) in [4.78, 5) is 10.1. The number of carbonyl (C=O) groups is 1. The molecule has 1 unspecified atom stereocenters. The highest BCUT2D eigenvalue weighted by molar-refractivity contribution is 5.65. The molecular formula is C6H12O3. The van der Waals surface area contributed by atoms with Crippen molar-refractivity contribution in [1.82, 2.24) is 0 Å². The largest absolute Gasteiger partial charge is 0.463 e. The summed E-state index contributed by atoms with van der Waals surface area (Å²) >= 11 is 0. The van der Waals surface area contributed by atoms with Gasteiger partial charge >= 0.3 is 5.97 Å². The van der Waals surface area contributed by atoms with Gasteiger partial charge in [0.05, 0.1) is 6.10 Å². The molecule has 0 aliphatic heterocycles. The highest BCUT2D eigenvalue weighted by Gasteiger charge is 2.00. The number of esters is 1. The van der Waals surface area contributed by atoms with Gasteiger partial charge in [-0.05, 0) is 6.42 Å². The molecule has 0 aromatic carbocycles. The van der Waals surface area contributed by atoms with Crippen LogP contribution in [0.3, 0.4) is 0 Å². The quantitative estimate of drug-likeness (QED) is 0.562. The average Bonchev–Trinajstić information content (AvgIpc) is 1.83. The molecule has 0 heterocycles. The summed E-state index contributed by atoms with van der Waals surface area (Å²) in [5.41, 5.74) is 0. The number of aliphatic hydroxyl groups excluding tert-OH is 1. The second-order valence-electron chi connectivity index (χ2n) is 1.86. The number of rotatable bonds is 3. The van der Waals surface area contributed by atoms with Crippen molar-refractivity contribution in [2.24, 2.45) is 0 Å². The number of hydrogen-bond acceptors (Lipinski definition) is 3. The second kappa shape index (κ2) is 4.32. The Hall–Kier alpha value is -0.570. The maximum atomic E-state index is 10.1. The molecule has 0 aromatic rings. The SMILES string of the molecule is CCC(O)COC(C)=O. The van der Waals surface area contributed by atoms with Crippen LogP contribution in [-0.4, -0.2) is 23.8 Å². The van der Waals surface area contributed by atoms with Crippen LogP contribution in [0.4, 0.5) is 0 Å². The number of aliphatic hydroxyl groups is 1. The topological polar surface area (TPSA) is 46.5 Å². The zero-order chi connectivity index (χ0) is 7.28. The fraction of sp³-hybridized carbons (Fsp3) is 0.833. The van der Waals surface area contributed by atoms with Crippen molar-refractivity contribution >= 4 is 5.97 Å². The molecule has 1 atom stereocenters. The Kier molecular flexibility index (Phi) is 4.05. The predicted octanol–water partition coefficient (Wildman–Crippen LogP) is 0.320. The van der Waals surface area contributed by atoms with Crippen molar-refractivity contribution in [3.05, 3.63) is 0 Å². The highest BCUT2D eigenvalue weighted by Crippen LogP contribution is 1.90. The van der Waals surface area contributed by atoms with Gasteiger partial charge in [0, 0.05) is 6.92 Å². The van der Waals surface area contributed by atoms with Gasteiger partial charge in [-0.1, -0.05) is 6.92 Å². The van der Waals surface area contributed by atoms with Gasteiger partial charge in [0.25, 0.3) is 0 Å². The first-order valence-electron chi connectivity index (χ1n) is 2.98. The second-order valence-corrected chi connectivity index (χ2v) is 1.86. The van der Waals surface area contributed by atoms with Crippen LogP contribution in [0.25, 0.3) is 0 Å². The lowest BCUT2D eigenvalue weighted by atomic mass is 10.3. The minimum atomic E-state index is -0.506. The number of hydrogen-bond donors (Lipinski definition) is 1. The van der Waals surface area contributed by atoms with Crippen LogP contribution in [0, 0.1) is 0 Å². The lowest BCUT2D eigenvalue weighted by Crippen LogP contribution is -2.15. The Morgan fingerprint density at radius 2 is 2.33 bits per heavy atom. The Bertz CT molecular complexity index is 90.3. The van der Waals surface area contributed by atoms with Gasteiger partial charge in [0.15, 0.2) is 0 Å². The van der Waals surface area contributed by atoms with E-state index in [1.54, 1.807) is 0 Å². The summed E-state index contributed by atoms with van der Waals surface area (Å²) in [6.45, 7) is 3.27. The molecule has 0 bridgehead atoms. The maximum absolute atomic E-state index is 10.1. The van der Waals surface area contributed by atoms with Crippen molar-refractivity contribution < 1.29 is 14.6 Å². The number of carbonyl (C=O) groups excluding carboxylic acids is 1. The van der Waals surface area contributed by atoms with E-state index in [1.807, 2.05) is 6.92 Å². The fourth-order valence-corrected chi connectivity index (χ4v) is 0.331. The minimum absolute atomic E-state index is 0.117. The monoisotopic (exact) mass is 132 g/mol. The summed E-state index contributed by atoms with van der Waals surface area (Å²) in [6, 6.07) is 0. The van der Waals surface area contributed by atoms with E-state index in [0.717, 1.165) is 0 Å². The molecular weight excluding hydrogens is 120 g/mol. The van der Waals surface area contributed by atoms with Crippen LogP contribution in [0.2, 0.25) is 0 Å². The van der Waals surface area contributed by atoms with Gasteiger partial charge in [-0.15, -0.1) is 0 Å². The summed E-state index contributed by atoms with van der Waals surface area (Å²) in [5, 5.41) is 8.83. The van der Waals surface area contributed by atoms with E-state index >= 15 is 0 Å². The highest BCUT2D eigenvalue weighted by atomic mass is 16.5. The summed E-state index contributed by atoms with van der Waals surface area (Å²) in [5.74, 6) is -0.345. The normalized spacial score (nSPS) is 12.8. The molecule has 0 saturated heterocycles. The van der Waals surface area contributed by atoms with Gasteiger partial charge in [-0.25, -0.2) is 0 Å². The van der Waals surface area contributed by atoms with Crippen LogP contribution in [0.15, 0.2) is 0 Å². The third-order valence-electron chi connectivity index (χ3n) is 0.950. The predicted molar refractivity (Wildman–Crippen MR) is 32.9 cm³/mol. The first kappa shape index (κ1) is 8.43. The van der Waals surface area contributed by atoms with E-state index in [4.69, 9.17) is 5.11 Å². The Balaban J connectivity index is 3.16. The minimum Gasteiger partial charge on any atom is -0.463 e. The van der Waals surface area contributed by atoms with Crippen molar-refractivity contribution in [2.45, 2.75) is 26.4 Å². The molecule has 3 heteroatoms. The molecule has 54 valence electrons. The zero-order valence-corrected chi connectivity index (χ0v) is 5.76. The molecule has 9 heavy (non-hydrogen) atoms. The average molecular weight is 132 g/mol. The molecule has 0 amide bonds.